The van der Waals surface area contributed by atoms with E-state index < -0.39 is 0 Å². The summed E-state index contributed by atoms with van der Waals surface area (Å²) in [6.45, 7) is 6.03. The predicted octanol–water partition coefficient (Wildman–Crippen LogP) is 2.49. The summed E-state index contributed by atoms with van der Waals surface area (Å²) < 4.78 is 0. The van der Waals surface area contributed by atoms with E-state index in [0.717, 1.165) is 5.56 Å². The largest absolute Gasteiger partial charge is 0.395 e. The van der Waals surface area contributed by atoms with E-state index in [0.29, 0.717) is 17.1 Å². The minimum Gasteiger partial charge on any atom is -0.395 e. The van der Waals surface area contributed by atoms with Gasteiger partial charge in [-0.2, -0.15) is 0 Å². The van der Waals surface area contributed by atoms with Crippen molar-refractivity contribution in [2.24, 2.45) is 0 Å². The lowest BCUT2D eigenvalue weighted by molar-refractivity contribution is 0.0665. The molecule has 0 aliphatic heterocycles. The number of amides is 1. The van der Waals surface area contributed by atoms with Crippen LogP contribution in [0, 0.1) is 6.92 Å². The molecule has 0 aliphatic carbocycles. The first kappa shape index (κ1) is 14.0. The molecule has 0 unspecified atom stereocenters. The molecule has 0 saturated heterocycles. The summed E-state index contributed by atoms with van der Waals surface area (Å²) in [7, 11) is 0. The van der Waals surface area contributed by atoms with Gasteiger partial charge in [0.2, 0.25) is 0 Å². The average molecular weight is 256 g/mol. The van der Waals surface area contributed by atoms with Gasteiger partial charge in [0, 0.05) is 23.2 Å². The fourth-order valence-electron chi connectivity index (χ4n) is 1.65. The fourth-order valence-corrected chi connectivity index (χ4v) is 1.76. The number of nitrogens with zero attached hydrogens (tertiary/aromatic N) is 1. The summed E-state index contributed by atoms with van der Waals surface area (Å²) in [4.78, 5) is 13.9. The van der Waals surface area contributed by atoms with Gasteiger partial charge in [0.25, 0.3) is 5.91 Å². The molecule has 0 fully saturated rings. The van der Waals surface area contributed by atoms with Gasteiger partial charge in [-0.05, 0) is 44.5 Å². The van der Waals surface area contributed by atoms with Crippen LogP contribution in [0.25, 0.3) is 0 Å². The SMILES string of the molecule is Cc1cc(C(=O)N(CCO)C(C)C)ccc1Cl. The highest BCUT2D eigenvalue weighted by atomic mass is 35.5. The lowest BCUT2D eigenvalue weighted by Crippen LogP contribution is -2.39. The topological polar surface area (TPSA) is 40.5 Å². The summed E-state index contributed by atoms with van der Waals surface area (Å²) in [5.41, 5.74) is 1.49. The van der Waals surface area contributed by atoms with Crippen molar-refractivity contribution in [3.63, 3.8) is 0 Å². The molecule has 0 aromatic heterocycles. The molecule has 1 amide bonds. The van der Waals surface area contributed by atoms with E-state index in [-0.39, 0.29) is 18.6 Å². The number of aliphatic hydroxyl groups excluding tert-OH is 1. The summed E-state index contributed by atoms with van der Waals surface area (Å²) in [5, 5.41) is 9.62. The maximum absolute atomic E-state index is 12.2. The molecule has 3 nitrogen and oxygen atoms in total. The lowest BCUT2D eigenvalue weighted by atomic mass is 10.1. The number of aryl methyl sites for hydroxylation is 1. The van der Waals surface area contributed by atoms with E-state index in [1.54, 1.807) is 23.1 Å². The Kier molecular flexibility index (Phi) is 4.97. The number of aliphatic hydroxyl groups is 1. The fraction of sp³-hybridized carbons (Fsp3) is 0.462. The highest BCUT2D eigenvalue weighted by molar-refractivity contribution is 6.31. The molecule has 0 atom stereocenters. The minimum atomic E-state index is -0.0752. The number of hydrogen-bond donors (Lipinski definition) is 1. The average Bonchev–Trinajstić information content (AvgIpc) is 2.28. The van der Waals surface area contributed by atoms with Crippen LogP contribution in [0.3, 0.4) is 0 Å². The summed E-state index contributed by atoms with van der Waals surface area (Å²) >= 11 is 5.92. The van der Waals surface area contributed by atoms with Gasteiger partial charge in [-0.15, -0.1) is 0 Å². The number of benzene rings is 1. The molecule has 1 aromatic carbocycles. The second-order valence-corrected chi connectivity index (χ2v) is 4.69. The second kappa shape index (κ2) is 6.03. The van der Waals surface area contributed by atoms with E-state index in [1.165, 1.54) is 0 Å². The number of carbonyl (C=O) groups excluding carboxylic acids is 1. The van der Waals surface area contributed by atoms with Crippen molar-refractivity contribution in [2.45, 2.75) is 26.8 Å². The molecule has 1 rings (SSSR count). The smallest absolute Gasteiger partial charge is 0.254 e. The van der Waals surface area contributed by atoms with Crippen molar-refractivity contribution >= 4 is 17.5 Å². The summed E-state index contributed by atoms with van der Waals surface area (Å²) in [6, 6.07) is 5.27. The molecule has 0 heterocycles. The quantitative estimate of drug-likeness (QED) is 0.898. The van der Waals surface area contributed by atoms with Gasteiger partial charge in [-0.1, -0.05) is 11.6 Å². The van der Waals surface area contributed by atoms with E-state index >= 15 is 0 Å². The van der Waals surface area contributed by atoms with Crippen LogP contribution in [-0.4, -0.2) is 35.1 Å². The maximum Gasteiger partial charge on any atom is 0.254 e. The van der Waals surface area contributed by atoms with Gasteiger partial charge in [0.1, 0.15) is 0 Å². The van der Waals surface area contributed by atoms with Gasteiger partial charge < -0.3 is 10.0 Å². The molecule has 0 bridgehead atoms. The lowest BCUT2D eigenvalue weighted by Gasteiger charge is -2.26. The Morgan fingerprint density at radius 3 is 2.59 bits per heavy atom. The Balaban J connectivity index is 2.97. The third-order valence-electron chi connectivity index (χ3n) is 2.63. The molecule has 1 N–H and O–H groups in total. The van der Waals surface area contributed by atoms with E-state index in [1.807, 2.05) is 20.8 Å². The Hall–Kier alpha value is -1.06. The van der Waals surface area contributed by atoms with Crippen LogP contribution in [0.2, 0.25) is 5.02 Å². The number of rotatable bonds is 4. The molecule has 94 valence electrons. The third kappa shape index (κ3) is 3.45. The van der Waals surface area contributed by atoms with E-state index in [2.05, 4.69) is 0 Å². The maximum atomic E-state index is 12.2. The van der Waals surface area contributed by atoms with Crippen molar-refractivity contribution in [3.05, 3.63) is 34.3 Å². The minimum absolute atomic E-state index is 0.0313. The molecule has 0 saturated carbocycles. The van der Waals surface area contributed by atoms with Crippen molar-refractivity contribution in [3.8, 4) is 0 Å². The van der Waals surface area contributed by atoms with Crippen LogP contribution < -0.4 is 0 Å². The molecule has 0 radical (unpaired) electrons. The van der Waals surface area contributed by atoms with Crippen LogP contribution in [0.4, 0.5) is 0 Å². The number of halogens is 1. The zero-order valence-corrected chi connectivity index (χ0v) is 11.2. The molecule has 0 aliphatic rings. The molecular formula is C13H18ClNO2. The van der Waals surface area contributed by atoms with Crippen LogP contribution in [0.5, 0.6) is 0 Å². The summed E-state index contributed by atoms with van der Waals surface area (Å²) in [5.74, 6) is -0.0752. The predicted molar refractivity (Wildman–Crippen MR) is 69.4 cm³/mol. The zero-order chi connectivity index (χ0) is 13.0. The Labute approximate surface area is 107 Å². The van der Waals surface area contributed by atoms with Gasteiger partial charge in [-0.3, -0.25) is 4.79 Å². The van der Waals surface area contributed by atoms with Crippen molar-refractivity contribution in [1.29, 1.82) is 0 Å². The van der Waals surface area contributed by atoms with Crippen molar-refractivity contribution in [2.75, 3.05) is 13.2 Å². The third-order valence-corrected chi connectivity index (χ3v) is 3.05. The second-order valence-electron chi connectivity index (χ2n) is 4.28. The van der Waals surface area contributed by atoms with Gasteiger partial charge >= 0.3 is 0 Å². The highest BCUT2D eigenvalue weighted by Gasteiger charge is 2.18. The first-order chi connectivity index (χ1) is 7.97. The van der Waals surface area contributed by atoms with Crippen LogP contribution in [0.15, 0.2) is 18.2 Å². The molecule has 17 heavy (non-hydrogen) atoms. The normalized spacial score (nSPS) is 10.7. The van der Waals surface area contributed by atoms with Crippen LogP contribution in [-0.2, 0) is 0 Å². The Morgan fingerprint density at radius 1 is 1.47 bits per heavy atom. The highest BCUT2D eigenvalue weighted by Crippen LogP contribution is 2.18. The Morgan fingerprint density at radius 2 is 2.12 bits per heavy atom. The van der Waals surface area contributed by atoms with Crippen molar-refractivity contribution in [1.82, 2.24) is 4.90 Å². The van der Waals surface area contributed by atoms with Gasteiger partial charge in [-0.25, -0.2) is 0 Å². The van der Waals surface area contributed by atoms with E-state index in [9.17, 15) is 4.79 Å². The standard InChI is InChI=1S/C13H18ClNO2/c1-9(2)15(6-7-16)13(17)11-4-5-12(14)10(3)8-11/h4-5,8-9,16H,6-7H2,1-3H3. The van der Waals surface area contributed by atoms with Crippen LogP contribution >= 0.6 is 11.6 Å². The van der Waals surface area contributed by atoms with Crippen molar-refractivity contribution < 1.29 is 9.90 Å². The number of carbonyl (C=O) groups is 1. The van der Waals surface area contributed by atoms with Gasteiger partial charge in [0.05, 0.1) is 6.61 Å². The van der Waals surface area contributed by atoms with Gasteiger partial charge in [0.15, 0.2) is 0 Å². The van der Waals surface area contributed by atoms with Crippen LogP contribution in [0.1, 0.15) is 29.8 Å². The molecule has 1 aromatic rings. The number of hydrogen-bond acceptors (Lipinski definition) is 2. The Bertz CT molecular complexity index is 404. The van der Waals surface area contributed by atoms with E-state index in [4.69, 9.17) is 16.7 Å². The molecule has 4 heteroatoms. The molecular weight excluding hydrogens is 238 g/mol. The monoisotopic (exact) mass is 255 g/mol. The first-order valence-corrected chi connectivity index (χ1v) is 6.03. The summed E-state index contributed by atoms with van der Waals surface area (Å²) in [6.07, 6.45) is 0. The zero-order valence-electron chi connectivity index (χ0n) is 10.4. The first-order valence-electron chi connectivity index (χ1n) is 5.65. The molecule has 0 spiro atoms.